The van der Waals surface area contributed by atoms with E-state index < -0.39 is 24.1 Å². The molecule has 1 aliphatic rings. The Labute approximate surface area is 97.5 Å². The fraction of sp³-hybridized carbons (Fsp3) is 0.600. The van der Waals surface area contributed by atoms with E-state index in [1.165, 1.54) is 16.8 Å². The van der Waals surface area contributed by atoms with Crippen LogP contribution in [0.5, 0.6) is 0 Å². The van der Waals surface area contributed by atoms with E-state index in [4.69, 9.17) is 15.6 Å². The second kappa shape index (κ2) is 4.44. The number of rotatable bonds is 2. The first-order chi connectivity index (χ1) is 8.04. The summed E-state index contributed by atoms with van der Waals surface area (Å²) >= 11 is 0. The maximum absolute atomic E-state index is 11.6. The van der Waals surface area contributed by atoms with Crippen molar-refractivity contribution < 1.29 is 14.9 Å². The third-order valence-corrected chi connectivity index (χ3v) is 2.99. The maximum Gasteiger partial charge on any atom is 0.351 e. The van der Waals surface area contributed by atoms with Crippen molar-refractivity contribution in [3.05, 3.63) is 22.7 Å². The molecule has 17 heavy (non-hydrogen) atoms. The number of anilines is 1. The Morgan fingerprint density at radius 3 is 2.88 bits per heavy atom. The number of ether oxygens (including phenoxy) is 1. The second-order valence-electron chi connectivity index (χ2n) is 4.14. The largest absolute Gasteiger partial charge is 0.394 e. The van der Waals surface area contributed by atoms with Crippen LogP contribution in [-0.2, 0) is 4.74 Å². The molecule has 0 radical (unpaired) electrons. The van der Waals surface area contributed by atoms with E-state index in [1.807, 2.05) is 0 Å². The molecule has 7 nitrogen and oxygen atoms in total. The lowest BCUT2D eigenvalue weighted by atomic mass is 10.0. The van der Waals surface area contributed by atoms with E-state index in [1.54, 1.807) is 6.92 Å². The molecule has 1 unspecified atom stereocenters. The van der Waals surface area contributed by atoms with E-state index in [-0.39, 0.29) is 18.3 Å². The summed E-state index contributed by atoms with van der Waals surface area (Å²) < 4.78 is 6.69. The van der Waals surface area contributed by atoms with Crippen LogP contribution in [0.3, 0.4) is 0 Å². The summed E-state index contributed by atoms with van der Waals surface area (Å²) in [6, 6.07) is 1.48. The van der Waals surface area contributed by atoms with Crippen molar-refractivity contribution in [3.8, 4) is 0 Å². The van der Waals surface area contributed by atoms with Gasteiger partial charge < -0.3 is 20.7 Å². The summed E-state index contributed by atoms with van der Waals surface area (Å²) in [7, 11) is 0. The van der Waals surface area contributed by atoms with Crippen LogP contribution >= 0.6 is 0 Å². The molecule has 4 atom stereocenters. The normalized spacial score (nSPS) is 32.9. The van der Waals surface area contributed by atoms with Crippen LogP contribution < -0.4 is 11.4 Å². The van der Waals surface area contributed by atoms with Gasteiger partial charge in [0.25, 0.3) is 0 Å². The van der Waals surface area contributed by atoms with E-state index in [9.17, 15) is 9.90 Å². The smallest absolute Gasteiger partial charge is 0.351 e. The summed E-state index contributed by atoms with van der Waals surface area (Å²) in [4.78, 5) is 15.2. The number of hydrogen-bond donors (Lipinski definition) is 3. The van der Waals surface area contributed by atoms with Gasteiger partial charge in [-0.2, -0.15) is 4.98 Å². The zero-order chi connectivity index (χ0) is 12.6. The Morgan fingerprint density at radius 1 is 1.65 bits per heavy atom. The predicted molar refractivity (Wildman–Crippen MR) is 59.1 cm³/mol. The molecule has 0 saturated carbocycles. The Morgan fingerprint density at radius 2 is 2.35 bits per heavy atom. The Hall–Kier alpha value is -1.44. The molecule has 0 spiro atoms. The highest BCUT2D eigenvalue weighted by molar-refractivity contribution is 5.23. The number of aliphatic hydroxyl groups is 2. The minimum Gasteiger partial charge on any atom is -0.394 e. The number of hydrogen-bond acceptors (Lipinski definition) is 6. The van der Waals surface area contributed by atoms with Gasteiger partial charge in [0.2, 0.25) is 0 Å². The highest BCUT2D eigenvalue weighted by Crippen LogP contribution is 2.33. The van der Waals surface area contributed by atoms with Crippen molar-refractivity contribution in [1.29, 1.82) is 0 Å². The predicted octanol–water partition coefficient (Wildman–Crippen LogP) is -1.29. The van der Waals surface area contributed by atoms with Gasteiger partial charge in [-0.25, -0.2) is 4.79 Å². The minimum absolute atomic E-state index is 0.135. The highest BCUT2D eigenvalue weighted by Gasteiger charge is 2.41. The van der Waals surface area contributed by atoms with E-state index in [0.717, 1.165) is 0 Å². The summed E-state index contributed by atoms with van der Waals surface area (Å²) in [5, 5.41) is 18.8. The average molecular weight is 241 g/mol. The molecule has 0 bridgehead atoms. The van der Waals surface area contributed by atoms with Crippen LogP contribution in [0.4, 0.5) is 5.82 Å². The lowest BCUT2D eigenvalue weighted by Gasteiger charge is -2.17. The minimum atomic E-state index is -0.811. The fourth-order valence-corrected chi connectivity index (χ4v) is 1.98. The van der Waals surface area contributed by atoms with Crippen LogP contribution in [0, 0.1) is 5.92 Å². The molecule has 0 aliphatic carbocycles. The molecule has 2 heterocycles. The van der Waals surface area contributed by atoms with Gasteiger partial charge in [-0.15, -0.1) is 0 Å². The second-order valence-corrected chi connectivity index (χ2v) is 4.14. The highest BCUT2D eigenvalue weighted by atomic mass is 16.5. The zero-order valence-electron chi connectivity index (χ0n) is 9.35. The topological polar surface area (TPSA) is 111 Å². The fourth-order valence-electron chi connectivity index (χ4n) is 1.98. The first-order valence-corrected chi connectivity index (χ1v) is 5.33. The third-order valence-electron chi connectivity index (χ3n) is 2.99. The van der Waals surface area contributed by atoms with Gasteiger partial charge in [0, 0.05) is 12.1 Å². The number of nitrogen functional groups attached to an aromatic ring is 1. The molecule has 0 amide bonds. The molecule has 94 valence electrons. The van der Waals surface area contributed by atoms with Crippen LogP contribution in [0.1, 0.15) is 13.2 Å². The van der Waals surface area contributed by atoms with Gasteiger partial charge >= 0.3 is 5.69 Å². The Bertz CT molecular complexity index is 461. The Balaban J connectivity index is 2.32. The van der Waals surface area contributed by atoms with Crippen LogP contribution in [0.2, 0.25) is 0 Å². The van der Waals surface area contributed by atoms with Gasteiger partial charge in [0.1, 0.15) is 18.1 Å². The standard InChI is InChI=1S/C10H15N3O4/c1-5-8(15)6(4-14)17-9(5)13-3-2-7(11)12-10(13)16/h2-3,5-6,8-9,14-15H,4H2,1H3,(H2,11,12,16)/t5-,6+,8?,9+/m0/s1. The first kappa shape index (κ1) is 12.0. The van der Waals surface area contributed by atoms with E-state index in [0.29, 0.717) is 0 Å². The lowest BCUT2D eigenvalue weighted by molar-refractivity contribution is -0.0476. The number of aromatic nitrogens is 2. The average Bonchev–Trinajstić information content (AvgIpc) is 2.57. The molecule has 2 rings (SSSR count). The molecule has 1 aromatic heterocycles. The van der Waals surface area contributed by atoms with Gasteiger partial charge in [-0.05, 0) is 6.07 Å². The first-order valence-electron chi connectivity index (χ1n) is 5.33. The molecular weight excluding hydrogens is 226 g/mol. The van der Waals surface area contributed by atoms with Crippen molar-refractivity contribution in [2.24, 2.45) is 5.92 Å². The Kier molecular flexibility index (Phi) is 3.14. The van der Waals surface area contributed by atoms with E-state index in [2.05, 4.69) is 4.98 Å². The van der Waals surface area contributed by atoms with Gasteiger partial charge in [-0.1, -0.05) is 6.92 Å². The molecule has 0 aromatic carbocycles. The van der Waals surface area contributed by atoms with Crippen molar-refractivity contribution in [2.45, 2.75) is 25.4 Å². The molecule has 7 heteroatoms. The van der Waals surface area contributed by atoms with Crippen molar-refractivity contribution >= 4 is 5.82 Å². The number of nitrogens with two attached hydrogens (primary N) is 1. The number of nitrogens with zero attached hydrogens (tertiary/aromatic N) is 2. The van der Waals surface area contributed by atoms with Crippen molar-refractivity contribution in [2.75, 3.05) is 12.3 Å². The van der Waals surface area contributed by atoms with Crippen LogP contribution in [-0.4, -0.2) is 38.6 Å². The quantitative estimate of drug-likeness (QED) is 0.594. The zero-order valence-corrected chi connectivity index (χ0v) is 9.35. The molecule has 1 aliphatic heterocycles. The molecule has 1 fully saturated rings. The summed E-state index contributed by atoms with van der Waals surface area (Å²) in [5.41, 5.74) is 4.85. The van der Waals surface area contributed by atoms with Gasteiger partial charge in [0.15, 0.2) is 0 Å². The number of aliphatic hydroxyl groups excluding tert-OH is 2. The maximum atomic E-state index is 11.6. The van der Waals surface area contributed by atoms with Crippen LogP contribution in [0.25, 0.3) is 0 Å². The molecular formula is C10H15N3O4. The lowest BCUT2D eigenvalue weighted by Crippen LogP contribution is -2.30. The summed E-state index contributed by atoms with van der Waals surface area (Å²) in [6.07, 6.45) is -0.658. The van der Waals surface area contributed by atoms with Gasteiger partial charge in [-0.3, -0.25) is 4.57 Å². The van der Waals surface area contributed by atoms with Crippen molar-refractivity contribution in [1.82, 2.24) is 9.55 Å². The van der Waals surface area contributed by atoms with Crippen LogP contribution in [0.15, 0.2) is 17.1 Å². The molecule has 1 aromatic rings. The van der Waals surface area contributed by atoms with Gasteiger partial charge in [0.05, 0.1) is 12.7 Å². The summed E-state index contributed by atoms with van der Waals surface area (Å²) in [5.74, 6) is -0.175. The summed E-state index contributed by atoms with van der Waals surface area (Å²) in [6.45, 7) is 1.45. The molecule has 4 N–H and O–H groups in total. The third kappa shape index (κ3) is 2.04. The van der Waals surface area contributed by atoms with E-state index >= 15 is 0 Å². The monoisotopic (exact) mass is 241 g/mol. The SMILES string of the molecule is C[C@H]1C(O)[C@@H](CO)O[C@H]1n1ccc(N)nc1=O. The molecule has 1 saturated heterocycles. The van der Waals surface area contributed by atoms with Crippen molar-refractivity contribution in [3.63, 3.8) is 0 Å².